The lowest BCUT2D eigenvalue weighted by molar-refractivity contribution is 0.198. The van der Waals surface area contributed by atoms with Gasteiger partial charge < -0.3 is 15.2 Å². The third-order valence-corrected chi connectivity index (χ3v) is 3.13. The van der Waals surface area contributed by atoms with E-state index < -0.39 is 6.09 Å². The van der Waals surface area contributed by atoms with Crippen molar-refractivity contribution in [1.82, 2.24) is 5.32 Å². The first-order valence-corrected chi connectivity index (χ1v) is 6.48. The first kappa shape index (κ1) is 12.9. The second-order valence-corrected chi connectivity index (χ2v) is 4.53. The second-order valence-electron chi connectivity index (χ2n) is 4.53. The first-order chi connectivity index (χ1) is 8.79. The topological polar surface area (TPSA) is 58.6 Å². The van der Waals surface area contributed by atoms with Gasteiger partial charge in [-0.3, -0.25) is 0 Å². The molecule has 4 nitrogen and oxygen atoms in total. The summed E-state index contributed by atoms with van der Waals surface area (Å²) in [6, 6.07) is 5.85. The fourth-order valence-electron chi connectivity index (χ4n) is 2.19. The zero-order chi connectivity index (χ0) is 12.8. The van der Waals surface area contributed by atoms with Crippen molar-refractivity contribution in [3.8, 4) is 5.75 Å². The van der Waals surface area contributed by atoms with E-state index in [4.69, 9.17) is 9.84 Å². The molecule has 98 valence electrons. The van der Waals surface area contributed by atoms with Crippen molar-refractivity contribution in [2.24, 2.45) is 0 Å². The molecule has 0 saturated carbocycles. The van der Waals surface area contributed by atoms with Gasteiger partial charge in [-0.25, -0.2) is 4.79 Å². The van der Waals surface area contributed by atoms with Crippen LogP contribution in [-0.4, -0.2) is 24.4 Å². The smallest absolute Gasteiger partial charge is 0.410 e. The molecule has 2 N–H and O–H groups in total. The predicted molar refractivity (Wildman–Crippen MR) is 68.8 cm³/mol. The van der Waals surface area contributed by atoms with Gasteiger partial charge in [0.2, 0.25) is 0 Å². The van der Waals surface area contributed by atoms with Crippen LogP contribution in [0.2, 0.25) is 0 Å². The maximum absolute atomic E-state index is 11.4. The van der Waals surface area contributed by atoms with Crippen molar-refractivity contribution in [1.29, 1.82) is 0 Å². The lowest BCUT2D eigenvalue weighted by Crippen LogP contribution is -2.28. The number of fused-ring (bicyclic) bond motifs is 1. The highest BCUT2D eigenvalue weighted by Crippen LogP contribution is 2.25. The molecular formula is C14H19NO3. The molecule has 1 amide bonds. The Kier molecular flexibility index (Phi) is 4.59. The van der Waals surface area contributed by atoms with Gasteiger partial charge in [0, 0.05) is 13.2 Å². The maximum Gasteiger partial charge on any atom is 0.412 e. The van der Waals surface area contributed by atoms with Crippen LogP contribution in [-0.2, 0) is 12.8 Å². The van der Waals surface area contributed by atoms with Gasteiger partial charge in [-0.05, 0) is 55.4 Å². The average Bonchev–Trinajstić information content (AvgIpc) is 2.39. The normalized spacial score (nSPS) is 13.8. The Labute approximate surface area is 107 Å². The summed E-state index contributed by atoms with van der Waals surface area (Å²) >= 11 is 0. The summed E-state index contributed by atoms with van der Waals surface area (Å²) in [4.78, 5) is 11.4. The van der Waals surface area contributed by atoms with Crippen molar-refractivity contribution in [2.45, 2.75) is 32.1 Å². The molecule has 1 aromatic rings. The summed E-state index contributed by atoms with van der Waals surface area (Å²) in [5.74, 6) is 0.595. The van der Waals surface area contributed by atoms with Crippen LogP contribution in [0.5, 0.6) is 5.75 Å². The monoisotopic (exact) mass is 249 g/mol. The number of rotatable bonds is 4. The van der Waals surface area contributed by atoms with Crippen LogP contribution in [0.15, 0.2) is 18.2 Å². The summed E-state index contributed by atoms with van der Waals surface area (Å²) in [7, 11) is 0. The molecule has 1 aromatic carbocycles. The fourth-order valence-corrected chi connectivity index (χ4v) is 2.19. The standard InChI is InChI=1S/C14H19NO3/c16-9-3-8-15-14(17)18-13-7-6-11-4-1-2-5-12(11)10-13/h6-7,10,16H,1-5,8-9H2,(H,15,17). The van der Waals surface area contributed by atoms with Crippen molar-refractivity contribution in [3.63, 3.8) is 0 Å². The minimum atomic E-state index is -0.459. The van der Waals surface area contributed by atoms with Crippen LogP contribution in [0.4, 0.5) is 4.79 Å². The van der Waals surface area contributed by atoms with Crippen molar-refractivity contribution >= 4 is 6.09 Å². The Morgan fingerprint density at radius 2 is 2.06 bits per heavy atom. The lowest BCUT2D eigenvalue weighted by Gasteiger charge is -2.16. The number of aliphatic hydroxyl groups excluding tert-OH is 1. The maximum atomic E-state index is 11.4. The van der Waals surface area contributed by atoms with E-state index in [1.54, 1.807) is 0 Å². The van der Waals surface area contributed by atoms with Gasteiger partial charge in [-0.1, -0.05) is 6.07 Å². The molecule has 0 aromatic heterocycles. The SMILES string of the molecule is O=C(NCCCO)Oc1ccc2c(c1)CCCC2. The summed E-state index contributed by atoms with van der Waals surface area (Å²) in [6.45, 7) is 0.499. The number of carbonyl (C=O) groups is 1. The van der Waals surface area contributed by atoms with E-state index >= 15 is 0 Å². The largest absolute Gasteiger partial charge is 0.412 e. The predicted octanol–water partition coefficient (Wildman–Crippen LogP) is 2.04. The number of hydrogen-bond acceptors (Lipinski definition) is 3. The van der Waals surface area contributed by atoms with Gasteiger partial charge in [-0.2, -0.15) is 0 Å². The number of carbonyl (C=O) groups excluding carboxylic acids is 1. The molecule has 0 aliphatic heterocycles. The average molecular weight is 249 g/mol. The van der Waals surface area contributed by atoms with Gasteiger partial charge in [0.05, 0.1) is 0 Å². The van der Waals surface area contributed by atoms with Gasteiger partial charge in [0.25, 0.3) is 0 Å². The third kappa shape index (κ3) is 3.47. The summed E-state index contributed by atoms with van der Waals surface area (Å²) < 4.78 is 5.20. The molecule has 0 radical (unpaired) electrons. The molecule has 2 rings (SSSR count). The number of aryl methyl sites for hydroxylation is 2. The summed E-state index contributed by atoms with van der Waals surface area (Å²) in [5.41, 5.74) is 2.66. The van der Waals surface area contributed by atoms with Crippen LogP contribution in [0, 0.1) is 0 Å². The van der Waals surface area contributed by atoms with E-state index in [9.17, 15) is 4.79 Å². The van der Waals surface area contributed by atoms with Crippen molar-refractivity contribution in [3.05, 3.63) is 29.3 Å². The highest BCUT2D eigenvalue weighted by Gasteiger charge is 2.11. The molecule has 18 heavy (non-hydrogen) atoms. The van der Waals surface area contributed by atoms with Gasteiger partial charge >= 0.3 is 6.09 Å². The molecule has 0 heterocycles. The minimum absolute atomic E-state index is 0.0686. The quantitative estimate of drug-likeness (QED) is 0.803. The Morgan fingerprint density at radius 1 is 1.28 bits per heavy atom. The van der Waals surface area contributed by atoms with Crippen LogP contribution < -0.4 is 10.1 Å². The van der Waals surface area contributed by atoms with Crippen LogP contribution in [0.1, 0.15) is 30.4 Å². The van der Waals surface area contributed by atoms with E-state index in [0.717, 1.165) is 12.8 Å². The van der Waals surface area contributed by atoms with Crippen LogP contribution in [0.3, 0.4) is 0 Å². The van der Waals surface area contributed by atoms with Crippen LogP contribution in [0.25, 0.3) is 0 Å². The Hall–Kier alpha value is -1.55. The van der Waals surface area contributed by atoms with Crippen molar-refractivity contribution < 1.29 is 14.6 Å². The van der Waals surface area contributed by atoms with Gasteiger partial charge in [-0.15, -0.1) is 0 Å². The molecule has 0 saturated heterocycles. The molecule has 0 bridgehead atoms. The zero-order valence-corrected chi connectivity index (χ0v) is 10.4. The third-order valence-electron chi connectivity index (χ3n) is 3.13. The molecule has 0 spiro atoms. The van der Waals surface area contributed by atoms with Gasteiger partial charge in [0.15, 0.2) is 0 Å². The second kappa shape index (κ2) is 6.40. The molecule has 0 atom stereocenters. The number of nitrogens with one attached hydrogen (secondary N) is 1. The Balaban J connectivity index is 1.91. The van der Waals surface area contributed by atoms with E-state index in [2.05, 4.69) is 5.32 Å². The molecule has 1 aliphatic carbocycles. The van der Waals surface area contributed by atoms with E-state index in [1.165, 1.54) is 24.0 Å². The van der Waals surface area contributed by atoms with E-state index in [-0.39, 0.29) is 6.61 Å². The number of ether oxygens (including phenoxy) is 1. The number of hydrogen-bond donors (Lipinski definition) is 2. The van der Waals surface area contributed by atoms with E-state index in [1.807, 2.05) is 18.2 Å². The minimum Gasteiger partial charge on any atom is -0.410 e. The number of amides is 1. The zero-order valence-electron chi connectivity index (χ0n) is 10.4. The summed E-state index contributed by atoms with van der Waals surface area (Å²) in [5, 5.41) is 11.2. The summed E-state index contributed by atoms with van der Waals surface area (Å²) in [6.07, 6.45) is 4.73. The molecule has 0 fully saturated rings. The first-order valence-electron chi connectivity index (χ1n) is 6.48. The fraction of sp³-hybridized carbons (Fsp3) is 0.500. The highest BCUT2D eigenvalue weighted by atomic mass is 16.6. The van der Waals surface area contributed by atoms with Gasteiger partial charge in [0.1, 0.15) is 5.75 Å². The Morgan fingerprint density at radius 3 is 2.83 bits per heavy atom. The lowest BCUT2D eigenvalue weighted by atomic mass is 9.92. The number of benzene rings is 1. The highest BCUT2D eigenvalue weighted by molar-refractivity contribution is 5.70. The molecular weight excluding hydrogens is 230 g/mol. The molecule has 0 unspecified atom stereocenters. The van der Waals surface area contributed by atoms with E-state index in [0.29, 0.717) is 18.7 Å². The molecule has 4 heteroatoms. The van der Waals surface area contributed by atoms with Crippen LogP contribution >= 0.6 is 0 Å². The van der Waals surface area contributed by atoms with Crippen molar-refractivity contribution in [2.75, 3.05) is 13.2 Å². The molecule has 1 aliphatic rings. The Bertz CT molecular complexity index is 418. The number of aliphatic hydroxyl groups is 1.